The normalized spacial score (nSPS) is 40.9. The predicted molar refractivity (Wildman–Crippen MR) is 70.6 cm³/mol. The van der Waals surface area contributed by atoms with E-state index in [9.17, 15) is 0 Å². The smallest absolute Gasteiger partial charge is 0.00952 e. The molecule has 2 fully saturated rings. The van der Waals surface area contributed by atoms with Crippen LogP contribution in [0.2, 0.25) is 0 Å². The average Bonchev–Trinajstić information content (AvgIpc) is 2.32. The summed E-state index contributed by atoms with van der Waals surface area (Å²) in [5.41, 5.74) is 0. The van der Waals surface area contributed by atoms with Crippen molar-refractivity contribution in [3.63, 3.8) is 0 Å². The number of hydrogen-bond donors (Lipinski definition) is 1. The molecule has 0 aromatic carbocycles. The van der Waals surface area contributed by atoms with Crippen molar-refractivity contribution >= 4 is 0 Å². The Bertz CT molecular complexity index is 202. The van der Waals surface area contributed by atoms with E-state index in [4.69, 9.17) is 0 Å². The van der Waals surface area contributed by atoms with Crippen LogP contribution < -0.4 is 5.32 Å². The highest BCUT2D eigenvalue weighted by Crippen LogP contribution is 2.29. The molecule has 1 nitrogen and oxygen atoms in total. The summed E-state index contributed by atoms with van der Waals surface area (Å²) in [6.45, 7) is 4.80. The fourth-order valence-corrected chi connectivity index (χ4v) is 3.68. The minimum atomic E-state index is 0.828. The van der Waals surface area contributed by atoms with E-state index in [1.165, 1.54) is 57.8 Å². The second-order valence-electron chi connectivity index (χ2n) is 6.17. The number of hydrogen-bond acceptors (Lipinski definition) is 1. The molecular weight excluding hydrogens is 194 g/mol. The third-order valence-corrected chi connectivity index (χ3v) is 4.92. The molecule has 0 aromatic rings. The van der Waals surface area contributed by atoms with Gasteiger partial charge in [-0.15, -0.1) is 0 Å². The first-order valence-corrected chi connectivity index (χ1v) is 7.55. The Balaban J connectivity index is 1.79. The van der Waals surface area contributed by atoms with Crippen molar-refractivity contribution in [1.29, 1.82) is 0 Å². The molecule has 4 atom stereocenters. The van der Waals surface area contributed by atoms with Crippen molar-refractivity contribution in [2.45, 2.75) is 83.7 Å². The average molecular weight is 223 g/mol. The van der Waals surface area contributed by atoms with Crippen molar-refractivity contribution in [2.24, 2.45) is 11.8 Å². The maximum atomic E-state index is 3.97. The number of rotatable bonds is 3. The van der Waals surface area contributed by atoms with Gasteiger partial charge in [-0.3, -0.25) is 0 Å². The van der Waals surface area contributed by atoms with Gasteiger partial charge in [0, 0.05) is 12.1 Å². The molecule has 0 aromatic heterocycles. The zero-order chi connectivity index (χ0) is 11.4. The van der Waals surface area contributed by atoms with Crippen molar-refractivity contribution in [3.8, 4) is 0 Å². The van der Waals surface area contributed by atoms with Gasteiger partial charge in [0.15, 0.2) is 0 Å². The molecule has 0 heterocycles. The van der Waals surface area contributed by atoms with Gasteiger partial charge in [-0.1, -0.05) is 46.0 Å². The van der Waals surface area contributed by atoms with Crippen LogP contribution in [0.25, 0.3) is 0 Å². The zero-order valence-corrected chi connectivity index (χ0v) is 11.2. The van der Waals surface area contributed by atoms with E-state index < -0.39 is 0 Å². The Morgan fingerprint density at radius 2 is 1.81 bits per heavy atom. The molecule has 16 heavy (non-hydrogen) atoms. The van der Waals surface area contributed by atoms with Crippen LogP contribution in [0, 0.1) is 11.8 Å². The van der Waals surface area contributed by atoms with E-state index >= 15 is 0 Å². The monoisotopic (exact) mass is 223 g/mol. The third kappa shape index (κ3) is 3.23. The molecule has 2 aliphatic carbocycles. The van der Waals surface area contributed by atoms with Gasteiger partial charge in [0.05, 0.1) is 0 Å². The largest absolute Gasteiger partial charge is 0.311 e. The molecule has 0 spiro atoms. The summed E-state index contributed by atoms with van der Waals surface area (Å²) in [6, 6.07) is 1.67. The van der Waals surface area contributed by atoms with Crippen molar-refractivity contribution in [1.82, 2.24) is 5.32 Å². The summed E-state index contributed by atoms with van der Waals surface area (Å²) in [6.07, 6.45) is 13.0. The van der Waals surface area contributed by atoms with E-state index in [0.29, 0.717) is 0 Å². The van der Waals surface area contributed by atoms with Crippen LogP contribution in [-0.4, -0.2) is 12.1 Å². The van der Waals surface area contributed by atoms with Crippen LogP contribution in [-0.2, 0) is 0 Å². The van der Waals surface area contributed by atoms with Gasteiger partial charge >= 0.3 is 0 Å². The molecule has 0 amide bonds. The van der Waals surface area contributed by atoms with E-state index in [-0.39, 0.29) is 0 Å². The molecule has 4 unspecified atom stereocenters. The maximum Gasteiger partial charge on any atom is 0.00952 e. The van der Waals surface area contributed by atoms with Gasteiger partial charge in [0.2, 0.25) is 0 Å². The van der Waals surface area contributed by atoms with Crippen LogP contribution in [0.5, 0.6) is 0 Å². The lowest BCUT2D eigenvalue weighted by Crippen LogP contribution is -2.45. The van der Waals surface area contributed by atoms with Crippen molar-refractivity contribution in [3.05, 3.63) is 0 Å². The summed E-state index contributed by atoms with van der Waals surface area (Å²) in [5.74, 6) is 1.92. The lowest BCUT2D eigenvalue weighted by molar-refractivity contribution is 0.208. The van der Waals surface area contributed by atoms with E-state index in [2.05, 4.69) is 19.2 Å². The third-order valence-electron chi connectivity index (χ3n) is 4.92. The number of nitrogens with one attached hydrogen (secondary N) is 1. The molecule has 2 aliphatic rings. The molecule has 0 saturated heterocycles. The van der Waals surface area contributed by atoms with Gasteiger partial charge in [-0.2, -0.15) is 0 Å². The van der Waals surface area contributed by atoms with Crippen LogP contribution in [0.1, 0.15) is 71.6 Å². The molecule has 94 valence electrons. The highest BCUT2D eigenvalue weighted by molar-refractivity contribution is 4.84. The Morgan fingerprint density at radius 3 is 2.56 bits per heavy atom. The van der Waals surface area contributed by atoms with E-state index in [1.807, 2.05) is 0 Å². The lowest BCUT2D eigenvalue weighted by atomic mass is 9.81. The van der Waals surface area contributed by atoms with Crippen LogP contribution in [0.15, 0.2) is 0 Å². The van der Waals surface area contributed by atoms with Gasteiger partial charge in [0.1, 0.15) is 0 Å². The SMILES string of the molecule is CCC1CCCC(NC2CCCCC2C)C1. The van der Waals surface area contributed by atoms with E-state index in [1.54, 1.807) is 0 Å². The van der Waals surface area contributed by atoms with Gasteiger partial charge in [-0.05, 0) is 37.5 Å². The Kier molecular flexibility index (Phi) is 4.69. The maximum absolute atomic E-state index is 3.97. The van der Waals surface area contributed by atoms with Gasteiger partial charge < -0.3 is 5.32 Å². The second-order valence-corrected chi connectivity index (χ2v) is 6.17. The minimum Gasteiger partial charge on any atom is -0.311 e. The Morgan fingerprint density at radius 1 is 1.00 bits per heavy atom. The minimum absolute atomic E-state index is 0.828. The second kappa shape index (κ2) is 6.05. The van der Waals surface area contributed by atoms with E-state index in [0.717, 1.165) is 23.9 Å². The Hall–Kier alpha value is -0.0400. The fourth-order valence-electron chi connectivity index (χ4n) is 3.68. The summed E-state index contributed by atoms with van der Waals surface area (Å²) in [5, 5.41) is 3.97. The van der Waals surface area contributed by atoms with Gasteiger partial charge in [-0.25, -0.2) is 0 Å². The zero-order valence-electron chi connectivity index (χ0n) is 11.2. The molecule has 0 aliphatic heterocycles. The summed E-state index contributed by atoms with van der Waals surface area (Å²) < 4.78 is 0. The van der Waals surface area contributed by atoms with Crippen molar-refractivity contribution < 1.29 is 0 Å². The molecular formula is C15H29N. The molecule has 2 rings (SSSR count). The topological polar surface area (TPSA) is 12.0 Å². The molecule has 2 saturated carbocycles. The quantitative estimate of drug-likeness (QED) is 0.759. The first-order valence-electron chi connectivity index (χ1n) is 7.55. The van der Waals surface area contributed by atoms with Crippen molar-refractivity contribution in [2.75, 3.05) is 0 Å². The first kappa shape index (κ1) is 12.4. The fraction of sp³-hybridized carbons (Fsp3) is 1.00. The van der Waals surface area contributed by atoms with Gasteiger partial charge in [0.25, 0.3) is 0 Å². The predicted octanol–water partition coefficient (Wildman–Crippen LogP) is 4.12. The van der Waals surface area contributed by atoms with Crippen LogP contribution in [0.4, 0.5) is 0 Å². The van der Waals surface area contributed by atoms with Crippen LogP contribution >= 0.6 is 0 Å². The summed E-state index contributed by atoms with van der Waals surface area (Å²) in [4.78, 5) is 0. The molecule has 1 heteroatoms. The molecule has 0 radical (unpaired) electrons. The molecule has 0 bridgehead atoms. The molecule has 1 N–H and O–H groups in total. The van der Waals surface area contributed by atoms with Crippen LogP contribution in [0.3, 0.4) is 0 Å². The first-order chi connectivity index (χ1) is 7.79. The standard InChI is InChI=1S/C15H29N/c1-3-13-8-6-9-14(11-13)16-15-10-5-4-7-12(15)2/h12-16H,3-11H2,1-2H3. The highest BCUT2D eigenvalue weighted by atomic mass is 15.0. The summed E-state index contributed by atoms with van der Waals surface area (Å²) in [7, 11) is 0. The lowest BCUT2D eigenvalue weighted by Gasteiger charge is -2.36. The Labute approximate surface area is 101 Å². The highest BCUT2D eigenvalue weighted by Gasteiger charge is 2.26. The summed E-state index contributed by atoms with van der Waals surface area (Å²) >= 11 is 0.